The lowest BCUT2D eigenvalue weighted by Crippen LogP contribution is -2.29. The molecule has 0 saturated carbocycles. The van der Waals surface area contributed by atoms with E-state index in [0.29, 0.717) is 6.04 Å². The van der Waals surface area contributed by atoms with Gasteiger partial charge in [0.2, 0.25) is 0 Å². The van der Waals surface area contributed by atoms with E-state index < -0.39 is 0 Å². The van der Waals surface area contributed by atoms with Crippen molar-refractivity contribution in [1.29, 1.82) is 0 Å². The van der Waals surface area contributed by atoms with Crippen LogP contribution in [0.15, 0.2) is 84.6 Å². The summed E-state index contributed by atoms with van der Waals surface area (Å²) in [4.78, 5) is 2.46. The third-order valence-corrected chi connectivity index (χ3v) is 7.21. The molecule has 2 aliphatic carbocycles. The summed E-state index contributed by atoms with van der Waals surface area (Å²) >= 11 is 1.92. The molecule has 1 nitrogen and oxygen atoms in total. The number of hydrogen-bond acceptors (Lipinski definition) is 2. The minimum atomic E-state index is 0.488. The maximum atomic E-state index is 2.46. The summed E-state index contributed by atoms with van der Waals surface area (Å²) in [5, 5.41) is 2.83. The van der Waals surface area contributed by atoms with Crippen LogP contribution in [0.3, 0.4) is 0 Å². The fourth-order valence-electron chi connectivity index (χ4n) is 4.31. The molecule has 0 aliphatic heterocycles. The molecule has 5 rings (SSSR count). The molecule has 29 heavy (non-hydrogen) atoms. The van der Waals surface area contributed by atoms with E-state index in [1.54, 1.807) is 0 Å². The lowest BCUT2D eigenvalue weighted by Gasteiger charge is -2.29. The Morgan fingerprint density at radius 2 is 1.69 bits per heavy atom. The highest BCUT2D eigenvalue weighted by molar-refractivity contribution is 7.17. The molecule has 0 saturated heterocycles. The molecule has 2 heteroatoms. The third kappa shape index (κ3) is 3.61. The Bertz CT molecular complexity index is 1240. The van der Waals surface area contributed by atoms with Gasteiger partial charge in [0.05, 0.1) is 0 Å². The molecule has 0 amide bonds. The van der Waals surface area contributed by atoms with Crippen molar-refractivity contribution in [2.45, 2.75) is 25.3 Å². The summed E-state index contributed by atoms with van der Waals surface area (Å²) in [6, 6.07) is 20.0. The summed E-state index contributed by atoms with van der Waals surface area (Å²) < 4.78 is 2.83. The Hall–Kier alpha value is -2.84. The van der Waals surface area contributed by atoms with Crippen molar-refractivity contribution in [3.8, 4) is 0 Å². The maximum absolute atomic E-state index is 2.46. The number of hydrogen-bond donors (Lipinski definition) is 0. The molecule has 144 valence electrons. The quantitative estimate of drug-likeness (QED) is 0.567. The van der Waals surface area contributed by atoms with Crippen LogP contribution in [0.25, 0.3) is 27.8 Å². The fourth-order valence-corrected chi connectivity index (χ4v) is 5.46. The van der Waals surface area contributed by atoms with Gasteiger partial charge in [0, 0.05) is 28.0 Å². The van der Waals surface area contributed by atoms with Gasteiger partial charge < -0.3 is 4.90 Å². The second kappa shape index (κ2) is 7.88. The van der Waals surface area contributed by atoms with Crippen LogP contribution >= 0.6 is 11.3 Å². The Morgan fingerprint density at radius 1 is 0.897 bits per heavy atom. The molecule has 1 heterocycles. The molecule has 0 spiro atoms. The molecular formula is C27H25NS. The second-order valence-corrected chi connectivity index (χ2v) is 8.85. The fraction of sp³-hybridized carbons (Fsp3) is 0.185. The van der Waals surface area contributed by atoms with E-state index >= 15 is 0 Å². The average molecular weight is 396 g/mol. The molecule has 1 atom stereocenters. The number of nitrogens with zero attached hydrogens (tertiary/aromatic N) is 1. The van der Waals surface area contributed by atoms with Gasteiger partial charge in [-0.1, -0.05) is 78.9 Å². The standard InChI is InChI=1S/C27H25NS/c1-28(22-11-7-10-21(14-15-22)20-8-3-2-4-9-20)23-16-18-25-24-12-5-6-13-26(24)29-27(25)19-17-23/h2-13,15,18-19,23H,14,16-17H2,1H3. The first-order chi connectivity index (χ1) is 14.3. The first-order valence-electron chi connectivity index (χ1n) is 10.3. The van der Waals surface area contributed by atoms with Crippen LogP contribution in [-0.4, -0.2) is 18.0 Å². The lowest BCUT2D eigenvalue weighted by molar-refractivity contribution is 0.323. The monoisotopic (exact) mass is 395 g/mol. The van der Waals surface area contributed by atoms with Crippen LogP contribution in [0.4, 0.5) is 0 Å². The normalized spacial score (nSPS) is 18.6. The van der Waals surface area contributed by atoms with E-state index in [9.17, 15) is 0 Å². The van der Waals surface area contributed by atoms with Gasteiger partial charge >= 0.3 is 0 Å². The Kier molecular flexibility index (Phi) is 4.95. The zero-order valence-corrected chi connectivity index (χ0v) is 17.5. The van der Waals surface area contributed by atoms with Crippen LogP contribution in [0.1, 0.15) is 24.8 Å². The van der Waals surface area contributed by atoms with E-state index in [2.05, 4.69) is 103 Å². The largest absolute Gasteiger partial charge is 0.371 e. The zero-order valence-electron chi connectivity index (χ0n) is 16.7. The number of thiophene rings is 1. The van der Waals surface area contributed by atoms with E-state index in [4.69, 9.17) is 0 Å². The summed E-state index contributed by atoms with van der Waals surface area (Å²) in [7, 11) is 2.24. The highest BCUT2D eigenvalue weighted by Gasteiger charge is 2.17. The van der Waals surface area contributed by atoms with Crippen molar-refractivity contribution >= 4 is 39.1 Å². The third-order valence-electron chi connectivity index (χ3n) is 6.03. The number of rotatable bonds is 3. The molecule has 0 N–H and O–H groups in total. The molecule has 0 bridgehead atoms. The highest BCUT2D eigenvalue weighted by atomic mass is 32.1. The molecule has 1 aromatic heterocycles. The summed E-state index contributed by atoms with van der Waals surface area (Å²) in [5.41, 5.74) is 4.00. The predicted molar refractivity (Wildman–Crippen MR) is 127 cm³/mol. The van der Waals surface area contributed by atoms with Gasteiger partial charge in [0.1, 0.15) is 0 Å². The Morgan fingerprint density at radius 3 is 2.59 bits per heavy atom. The zero-order chi connectivity index (χ0) is 19.6. The molecule has 3 aromatic rings. The maximum Gasteiger partial charge on any atom is 0.0356 e. The van der Waals surface area contributed by atoms with Crippen molar-refractivity contribution in [3.05, 3.63) is 99.9 Å². The van der Waals surface area contributed by atoms with Crippen molar-refractivity contribution < 1.29 is 0 Å². The first kappa shape index (κ1) is 18.2. The van der Waals surface area contributed by atoms with Crippen molar-refractivity contribution in [2.75, 3.05) is 7.05 Å². The minimum Gasteiger partial charge on any atom is -0.371 e. The number of benzene rings is 2. The first-order valence-corrected chi connectivity index (χ1v) is 11.1. The van der Waals surface area contributed by atoms with Crippen LogP contribution in [0.5, 0.6) is 0 Å². The van der Waals surface area contributed by atoms with E-state index in [1.165, 1.54) is 36.7 Å². The number of fused-ring (bicyclic) bond motifs is 3. The second-order valence-electron chi connectivity index (χ2n) is 7.77. The topological polar surface area (TPSA) is 3.24 Å². The van der Waals surface area contributed by atoms with Crippen molar-refractivity contribution in [2.24, 2.45) is 0 Å². The lowest BCUT2D eigenvalue weighted by atomic mass is 10.0. The Balaban J connectivity index is 1.37. The van der Waals surface area contributed by atoms with Gasteiger partial charge in [0.15, 0.2) is 0 Å². The van der Waals surface area contributed by atoms with Gasteiger partial charge in [0.25, 0.3) is 0 Å². The SMILES string of the molecule is CN(C1=CCC(c2ccccc2)=CC=C1)C1CC=c2sc3ccccc3c2=CC1. The number of allylic oxidation sites excluding steroid dienone is 5. The van der Waals surface area contributed by atoms with Gasteiger partial charge in [-0.05, 0) is 53.1 Å². The van der Waals surface area contributed by atoms with Crippen LogP contribution in [-0.2, 0) is 0 Å². The molecule has 2 aliphatic rings. The molecular weight excluding hydrogens is 370 g/mol. The summed E-state index contributed by atoms with van der Waals surface area (Å²) in [6.07, 6.45) is 17.1. The van der Waals surface area contributed by atoms with Gasteiger partial charge in [-0.3, -0.25) is 0 Å². The minimum absolute atomic E-state index is 0.488. The van der Waals surface area contributed by atoms with Gasteiger partial charge in [-0.25, -0.2) is 0 Å². The molecule has 0 fully saturated rings. The average Bonchev–Trinajstić information content (AvgIpc) is 2.93. The van der Waals surface area contributed by atoms with Crippen molar-refractivity contribution in [3.63, 3.8) is 0 Å². The molecule has 2 aromatic carbocycles. The molecule has 1 unspecified atom stereocenters. The molecule has 0 radical (unpaired) electrons. The smallest absolute Gasteiger partial charge is 0.0356 e. The van der Waals surface area contributed by atoms with E-state index in [0.717, 1.165) is 19.3 Å². The summed E-state index contributed by atoms with van der Waals surface area (Å²) in [5.74, 6) is 0. The van der Waals surface area contributed by atoms with Crippen LogP contribution in [0, 0.1) is 0 Å². The van der Waals surface area contributed by atoms with Gasteiger partial charge in [-0.15, -0.1) is 11.3 Å². The number of likely N-dealkylation sites (N-methyl/N-ethyl adjacent to an activating group) is 1. The van der Waals surface area contributed by atoms with Gasteiger partial charge in [-0.2, -0.15) is 0 Å². The van der Waals surface area contributed by atoms with E-state index in [-0.39, 0.29) is 0 Å². The highest BCUT2D eigenvalue weighted by Crippen LogP contribution is 2.25. The van der Waals surface area contributed by atoms with E-state index in [1.807, 2.05) is 11.3 Å². The van der Waals surface area contributed by atoms with Crippen molar-refractivity contribution in [1.82, 2.24) is 4.90 Å². The summed E-state index contributed by atoms with van der Waals surface area (Å²) in [6.45, 7) is 0. The van der Waals surface area contributed by atoms with Crippen LogP contribution in [0.2, 0.25) is 0 Å². The predicted octanol–water partition coefficient (Wildman–Crippen LogP) is 5.48. The van der Waals surface area contributed by atoms with Crippen LogP contribution < -0.4 is 9.75 Å². The Labute approximate surface area is 176 Å².